The highest BCUT2D eigenvalue weighted by Gasteiger charge is 2.12. The molecule has 0 amide bonds. The smallest absolute Gasteiger partial charge is 0.124 e. The number of thiazole rings is 1. The van der Waals surface area contributed by atoms with Crippen molar-refractivity contribution in [3.8, 4) is 0 Å². The van der Waals surface area contributed by atoms with Gasteiger partial charge < -0.3 is 0 Å². The monoisotopic (exact) mass is 285 g/mol. The molecule has 6 heteroatoms. The van der Waals surface area contributed by atoms with Crippen molar-refractivity contribution in [1.29, 1.82) is 0 Å². The van der Waals surface area contributed by atoms with Crippen molar-refractivity contribution in [2.24, 2.45) is 5.84 Å². The van der Waals surface area contributed by atoms with Gasteiger partial charge in [0.2, 0.25) is 0 Å². The SMILES string of the molecule is NNC(Cc1nccs1)Cc1ccc(F)cc1Cl. The zero-order chi connectivity index (χ0) is 13.0. The first-order chi connectivity index (χ1) is 8.69. The van der Waals surface area contributed by atoms with Crippen LogP contribution in [0.4, 0.5) is 4.39 Å². The average Bonchev–Trinajstić information content (AvgIpc) is 2.84. The van der Waals surface area contributed by atoms with Gasteiger partial charge in [0.25, 0.3) is 0 Å². The van der Waals surface area contributed by atoms with Crippen LogP contribution in [0.25, 0.3) is 0 Å². The highest BCUT2D eigenvalue weighted by atomic mass is 35.5. The normalized spacial score (nSPS) is 12.6. The van der Waals surface area contributed by atoms with Gasteiger partial charge in [0.05, 0.1) is 5.01 Å². The summed E-state index contributed by atoms with van der Waals surface area (Å²) < 4.78 is 12.9. The van der Waals surface area contributed by atoms with Gasteiger partial charge in [0.1, 0.15) is 5.82 Å². The van der Waals surface area contributed by atoms with E-state index >= 15 is 0 Å². The fourth-order valence-corrected chi connectivity index (χ4v) is 2.65. The third-order valence-corrected chi connectivity index (χ3v) is 3.78. The molecule has 3 nitrogen and oxygen atoms in total. The summed E-state index contributed by atoms with van der Waals surface area (Å²) in [5.41, 5.74) is 3.62. The molecule has 0 saturated carbocycles. The van der Waals surface area contributed by atoms with Crippen LogP contribution in [0.5, 0.6) is 0 Å². The topological polar surface area (TPSA) is 50.9 Å². The third-order valence-electron chi connectivity index (χ3n) is 2.62. The Hall–Kier alpha value is -1.01. The molecular formula is C12H13ClFN3S. The minimum absolute atomic E-state index is 0.0270. The van der Waals surface area contributed by atoms with Crippen LogP contribution < -0.4 is 11.3 Å². The highest BCUT2D eigenvalue weighted by Crippen LogP contribution is 2.20. The second kappa shape index (κ2) is 6.24. The lowest BCUT2D eigenvalue weighted by Crippen LogP contribution is -2.38. The summed E-state index contributed by atoms with van der Waals surface area (Å²) in [6, 6.07) is 4.43. The van der Waals surface area contributed by atoms with Crippen LogP contribution in [0.15, 0.2) is 29.8 Å². The van der Waals surface area contributed by atoms with Crippen molar-refractivity contribution < 1.29 is 4.39 Å². The van der Waals surface area contributed by atoms with Crippen LogP contribution >= 0.6 is 22.9 Å². The lowest BCUT2D eigenvalue weighted by molar-refractivity contribution is 0.521. The Morgan fingerprint density at radius 3 is 2.89 bits per heavy atom. The Morgan fingerprint density at radius 1 is 1.44 bits per heavy atom. The van der Waals surface area contributed by atoms with Gasteiger partial charge in [-0.2, -0.15) is 0 Å². The molecule has 1 unspecified atom stereocenters. The van der Waals surface area contributed by atoms with Crippen LogP contribution in [-0.2, 0) is 12.8 Å². The first-order valence-corrected chi connectivity index (χ1v) is 6.73. The molecule has 0 radical (unpaired) electrons. The van der Waals surface area contributed by atoms with E-state index in [1.165, 1.54) is 12.1 Å². The first-order valence-electron chi connectivity index (χ1n) is 5.47. The molecule has 2 aromatic rings. The maximum atomic E-state index is 12.9. The Labute approximate surface area is 114 Å². The maximum Gasteiger partial charge on any atom is 0.124 e. The van der Waals surface area contributed by atoms with Crippen molar-refractivity contribution in [3.63, 3.8) is 0 Å². The van der Waals surface area contributed by atoms with E-state index in [2.05, 4.69) is 10.4 Å². The van der Waals surface area contributed by atoms with Gasteiger partial charge >= 0.3 is 0 Å². The zero-order valence-electron chi connectivity index (χ0n) is 9.57. The number of benzene rings is 1. The standard InChI is InChI=1S/C12H13ClFN3S/c13-11-6-9(14)2-1-8(11)5-10(17-15)7-12-16-3-4-18-12/h1-4,6,10,17H,5,7,15H2. The van der Waals surface area contributed by atoms with E-state index in [1.807, 2.05) is 5.38 Å². The van der Waals surface area contributed by atoms with Crippen LogP contribution in [0.2, 0.25) is 5.02 Å². The second-order valence-electron chi connectivity index (χ2n) is 3.93. The summed E-state index contributed by atoms with van der Waals surface area (Å²) in [6.07, 6.45) is 3.12. The molecule has 0 bridgehead atoms. The van der Waals surface area contributed by atoms with Crippen molar-refractivity contribution in [2.75, 3.05) is 0 Å². The van der Waals surface area contributed by atoms with E-state index < -0.39 is 0 Å². The number of nitrogens with two attached hydrogens (primary N) is 1. The average molecular weight is 286 g/mol. The maximum absolute atomic E-state index is 12.9. The molecule has 1 atom stereocenters. The molecule has 1 heterocycles. The van der Waals surface area contributed by atoms with E-state index in [0.29, 0.717) is 11.4 Å². The van der Waals surface area contributed by atoms with Crippen LogP contribution in [0, 0.1) is 5.82 Å². The molecule has 1 aromatic heterocycles. The number of halogens is 2. The largest absolute Gasteiger partial charge is 0.271 e. The van der Waals surface area contributed by atoms with E-state index in [4.69, 9.17) is 17.4 Å². The number of nitrogens with one attached hydrogen (secondary N) is 1. The fraction of sp³-hybridized carbons (Fsp3) is 0.250. The molecule has 0 fully saturated rings. The number of rotatable bonds is 5. The van der Waals surface area contributed by atoms with E-state index in [9.17, 15) is 4.39 Å². The number of hydrogen-bond acceptors (Lipinski definition) is 4. The zero-order valence-corrected chi connectivity index (χ0v) is 11.1. The van der Waals surface area contributed by atoms with Gasteiger partial charge in [-0.05, 0) is 24.1 Å². The van der Waals surface area contributed by atoms with E-state index in [1.54, 1.807) is 23.6 Å². The summed E-state index contributed by atoms with van der Waals surface area (Å²) >= 11 is 7.58. The van der Waals surface area contributed by atoms with Gasteiger partial charge in [0, 0.05) is 29.1 Å². The Balaban J connectivity index is 2.05. The highest BCUT2D eigenvalue weighted by molar-refractivity contribution is 7.09. The molecular weight excluding hydrogens is 273 g/mol. The number of aromatic nitrogens is 1. The molecule has 0 spiro atoms. The van der Waals surface area contributed by atoms with Crippen LogP contribution in [0.1, 0.15) is 10.6 Å². The minimum atomic E-state index is -0.332. The number of nitrogens with zero attached hydrogens (tertiary/aromatic N) is 1. The first kappa shape index (κ1) is 13.4. The second-order valence-corrected chi connectivity index (χ2v) is 5.32. The molecule has 0 saturated heterocycles. The van der Waals surface area contributed by atoms with E-state index in [-0.39, 0.29) is 11.9 Å². The Kier molecular flexibility index (Phi) is 4.66. The molecule has 18 heavy (non-hydrogen) atoms. The van der Waals surface area contributed by atoms with Crippen molar-refractivity contribution in [3.05, 3.63) is 51.2 Å². The number of hydrogen-bond donors (Lipinski definition) is 2. The lowest BCUT2D eigenvalue weighted by Gasteiger charge is -2.15. The van der Waals surface area contributed by atoms with Crippen LogP contribution in [-0.4, -0.2) is 11.0 Å². The van der Waals surface area contributed by atoms with Crippen molar-refractivity contribution in [1.82, 2.24) is 10.4 Å². The van der Waals surface area contributed by atoms with Gasteiger partial charge in [-0.15, -0.1) is 11.3 Å². The summed E-state index contributed by atoms with van der Waals surface area (Å²) in [5, 5.41) is 3.36. The quantitative estimate of drug-likeness (QED) is 0.656. The summed E-state index contributed by atoms with van der Waals surface area (Å²) in [5.74, 6) is 5.19. The van der Waals surface area contributed by atoms with Gasteiger partial charge in [-0.1, -0.05) is 17.7 Å². The summed E-state index contributed by atoms with van der Waals surface area (Å²) in [6.45, 7) is 0. The van der Waals surface area contributed by atoms with Crippen molar-refractivity contribution in [2.45, 2.75) is 18.9 Å². The molecule has 2 rings (SSSR count). The van der Waals surface area contributed by atoms with E-state index in [0.717, 1.165) is 17.0 Å². The van der Waals surface area contributed by atoms with Crippen molar-refractivity contribution >= 4 is 22.9 Å². The van der Waals surface area contributed by atoms with Gasteiger partial charge in [-0.3, -0.25) is 11.3 Å². The predicted molar refractivity (Wildman–Crippen MR) is 72.0 cm³/mol. The molecule has 3 N–H and O–H groups in total. The Morgan fingerprint density at radius 2 is 2.28 bits per heavy atom. The Bertz CT molecular complexity index is 504. The molecule has 0 aliphatic rings. The van der Waals surface area contributed by atoms with Gasteiger partial charge in [0.15, 0.2) is 0 Å². The fourth-order valence-electron chi connectivity index (χ4n) is 1.71. The molecule has 0 aliphatic carbocycles. The third kappa shape index (κ3) is 3.49. The minimum Gasteiger partial charge on any atom is -0.271 e. The lowest BCUT2D eigenvalue weighted by atomic mass is 10.0. The molecule has 1 aromatic carbocycles. The summed E-state index contributed by atoms with van der Waals surface area (Å²) in [7, 11) is 0. The predicted octanol–water partition coefficient (Wildman–Crippen LogP) is 2.55. The molecule has 96 valence electrons. The van der Waals surface area contributed by atoms with Gasteiger partial charge in [-0.25, -0.2) is 9.37 Å². The van der Waals surface area contributed by atoms with Crippen LogP contribution in [0.3, 0.4) is 0 Å². The summed E-state index contributed by atoms with van der Waals surface area (Å²) in [4.78, 5) is 4.21. The number of hydrazine groups is 1. The molecule has 0 aliphatic heterocycles.